The predicted molar refractivity (Wildman–Crippen MR) is 125 cm³/mol. The molecule has 2 aromatic carbocycles. The number of benzene rings is 2. The van der Waals surface area contributed by atoms with Gasteiger partial charge in [0.2, 0.25) is 5.91 Å². The molecule has 2 amide bonds. The molecule has 2 N–H and O–H groups in total. The molecule has 0 radical (unpaired) electrons. The molecule has 0 aromatic heterocycles. The molecule has 32 heavy (non-hydrogen) atoms. The third-order valence-electron chi connectivity index (χ3n) is 6.34. The van der Waals surface area contributed by atoms with Crippen LogP contribution in [0, 0.1) is 0 Å². The summed E-state index contributed by atoms with van der Waals surface area (Å²) in [6, 6.07) is 13.9. The maximum Gasteiger partial charge on any atom is 0.255 e. The maximum absolute atomic E-state index is 12.5. The first-order valence-electron chi connectivity index (χ1n) is 10.8. The van der Waals surface area contributed by atoms with Gasteiger partial charge in [0.25, 0.3) is 5.91 Å². The van der Waals surface area contributed by atoms with Crippen molar-refractivity contribution < 1.29 is 14.3 Å². The third kappa shape index (κ3) is 5.37. The topological polar surface area (TPSA) is 70.7 Å². The third-order valence-corrected chi connectivity index (χ3v) is 6.83. The Morgan fingerprint density at radius 1 is 1.03 bits per heavy atom. The van der Waals surface area contributed by atoms with Gasteiger partial charge in [-0.2, -0.15) is 0 Å². The quantitative estimate of drug-likeness (QED) is 0.633. The summed E-state index contributed by atoms with van der Waals surface area (Å²) >= 11 is 12.0. The molecule has 0 saturated carbocycles. The van der Waals surface area contributed by atoms with Crippen LogP contribution in [0.25, 0.3) is 0 Å². The number of amides is 2. The first-order valence-corrected chi connectivity index (χ1v) is 11.6. The van der Waals surface area contributed by atoms with Crippen molar-refractivity contribution in [2.24, 2.45) is 0 Å². The SMILES string of the molecule is COc1ccc(Cl)cc1C(=O)NCC(=O)NC1CC2CCC(C1)N2Cc1ccc(Cl)cc1. The fourth-order valence-electron chi connectivity index (χ4n) is 4.84. The summed E-state index contributed by atoms with van der Waals surface area (Å²) < 4.78 is 5.21. The maximum atomic E-state index is 12.5. The first kappa shape index (κ1) is 22.9. The number of nitrogens with zero attached hydrogens (tertiary/aromatic N) is 1. The molecule has 2 aliphatic rings. The molecule has 2 aromatic rings. The van der Waals surface area contributed by atoms with Gasteiger partial charge in [0, 0.05) is 34.7 Å². The molecule has 2 aliphatic heterocycles. The van der Waals surface area contributed by atoms with Crippen molar-refractivity contribution in [2.75, 3.05) is 13.7 Å². The highest BCUT2D eigenvalue weighted by molar-refractivity contribution is 6.31. The highest BCUT2D eigenvalue weighted by Gasteiger charge is 2.40. The minimum absolute atomic E-state index is 0.0885. The van der Waals surface area contributed by atoms with E-state index in [0.717, 1.165) is 37.3 Å². The van der Waals surface area contributed by atoms with Crippen molar-refractivity contribution in [1.82, 2.24) is 15.5 Å². The van der Waals surface area contributed by atoms with E-state index >= 15 is 0 Å². The summed E-state index contributed by atoms with van der Waals surface area (Å²) in [6.45, 7) is 0.819. The van der Waals surface area contributed by atoms with E-state index < -0.39 is 5.91 Å². The van der Waals surface area contributed by atoms with Gasteiger partial charge in [0.15, 0.2) is 0 Å². The van der Waals surface area contributed by atoms with Gasteiger partial charge in [-0.25, -0.2) is 0 Å². The highest BCUT2D eigenvalue weighted by atomic mass is 35.5. The number of hydrogen-bond acceptors (Lipinski definition) is 4. The van der Waals surface area contributed by atoms with Gasteiger partial charge in [-0.3, -0.25) is 14.5 Å². The van der Waals surface area contributed by atoms with Crippen LogP contribution in [-0.2, 0) is 11.3 Å². The summed E-state index contributed by atoms with van der Waals surface area (Å²) in [5.41, 5.74) is 1.56. The lowest BCUT2D eigenvalue weighted by Gasteiger charge is -2.39. The van der Waals surface area contributed by atoms with Crippen LogP contribution in [-0.4, -0.2) is 48.5 Å². The van der Waals surface area contributed by atoms with Crippen LogP contribution in [0.15, 0.2) is 42.5 Å². The Balaban J connectivity index is 1.28. The van der Waals surface area contributed by atoms with Gasteiger partial charge < -0.3 is 15.4 Å². The Hall–Kier alpha value is -2.28. The fraction of sp³-hybridized carbons (Fsp3) is 0.417. The Bertz CT molecular complexity index is 969. The number of fused-ring (bicyclic) bond motifs is 2. The number of halogens is 2. The van der Waals surface area contributed by atoms with Crippen LogP contribution in [0.5, 0.6) is 5.75 Å². The van der Waals surface area contributed by atoms with Crippen molar-refractivity contribution in [2.45, 2.75) is 50.4 Å². The van der Waals surface area contributed by atoms with Crippen LogP contribution in [0.4, 0.5) is 0 Å². The Labute approximate surface area is 198 Å². The van der Waals surface area contributed by atoms with Crippen LogP contribution < -0.4 is 15.4 Å². The van der Waals surface area contributed by atoms with Crippen molar-refractivity contribution >= 4 is 35.0 Å². The first-order chi connectivity index (χ1) is 15.4. The Kier molecular flexibility index (Phi) is 7.23. The van der Waals surface area contributed by atoms with E-state index in [9.17, 15) is 9.59 Å². The molecular weight excluding hydrogens is 449 g/mol. The fourth-order valence-corrected chi connectivity index (χ4v) is 5.14. The molecular formula is C24H27Cl2N3O3. The number of carbonyl (C=O) groups is 2. The molecule has 2 heterocycles. The predicted octanol–water partition coefficient (Wildman–Crippen LogP) is 4.04. The van der Waals surface area contributed by atoms with Crippen molar-refractivity contribution in [1.29, 1.82) is 0 Å². The van der Waals surface area contributed by atoms with E-state index in [1.165, 1.54) is 18.7 Å². The van der Waals surface area contributed by atoms with Crippen LogP contribution >= 0.6 is 23.2 Å². The van der Waals surface area contributed by atoms with Gasteiger partial charge >= 0.3 is 0 Å². The second kappa shape index (κ2) is 10.1. The number of nitrogens with one attached hydrogen (secondary N) is 2. The van der Waals surface area contributed by atoms with Crippen LogP contribution in [0.1, 0.15) is 41.6 Å². The van der Waals surface area contributed by atoms with Crippen molar-refractivity contribution in [3.05, 3.63) is 63.6 Å². The van der Waals surface area contributed by atoms with E-state index in [1.54, 1.807) is 12.1 Å². The molecule has 2 saturated heterocycles. The molecule has 170 valence electrons. The molecule has 0 spiro atoms. The number of methoxy groups -OCH3 is 1. The zero-order chi connectivity index (χ0) is 22.7. The summed E-state index contributed by atoms with van der Waals surface area (Å²) in [5, 5.41) is 6.95. The summed E-state index contributed by atoms with van der Waals surface area (Å²) in [5.74, 6) is -0.163. The smallest absolute Gasteiger partial charge is 0.255 e. The van der Waals surface area contributed by atoms with Gasteiger partial charge in [-0.15, -0.1) is 0 Å². The highest BCUT2D eigenvalue weighted by Crippen LogP contribution is 2.37. The normalized spacial score (nSPS) is 22.4. The standard InChI is InChI=1S/C24H27Cl2N3O3/c1-32-22-9-6-17(26)10-21(22)24(31)27-13-23(30)28-18-11-19-7-8-20(12-18)29(19)14-15-2-4-16(25)5-3-15/h2-6,9-10,18-20H,7-8,11-14H2,1H3,(H,27,31)(H,28,30). The lowest BCUT2D eigenvalue weighted by Crippen LogP contribution is -2.51. The largest absolute Gasteiger partial charge is 0.496 e. The monoisotopic (exact) mass is 475 g/mol. The van der Waals surface area contributed by atoms with E-state index in [0.29, 0.717) is 28.4 Å². The molecule has 0 aliphatic carbocycles. The van der Waals surface area contributed by atoms with Crippen LogP contribution in [0.2, 0.25) is 10.0 Å². The molecule has 2 fully saturated rings. The zero-order valence-corrected chi connectivity index (χ0v) is 19.5. The zero-order valence-electron chi connectivity index (χ0n) is 17.9. The number of carbonyl (C=O) groups excluding carboxylic acids is 2. The van der Waals surface area contributed by atoms with Gasteiger partial charge in [0.05, 0.1) is 19.2 Å². The van der Waals surface area contributed by atoms with E-state index in [-0.39, 0.29) is 18.5 Å². The lowest BCUT2D eigenvalue weighted by molar-refractivity contribution is -0.121. The molecule has 4 rings (SSSR count). The number of rotatable bonds is 7. The number of hydrogen-bond donors (Lipinski definition) is 2. The Morgan fingerprint density at radius 2 is 1.69 bits per heavy atom. The van der Waals surface area contributed by atoms with E-state index in [2.05, 4.69) is 27.7 Å². The van der Waals surface area contributed by atoms with Crippen LogP contribution in [0.3, 0.4) is 0 Å². The van der Waals surface area contributed by atoms with Gasteiger partial charge in [-0.1, -0.05) is 35.3 Å². The number of ether oxygens (including phenoxy) is 1. The van der Waals surface area contributed by atoms with Gasteiger partial charge in [-0.05, 0) is 61.6 Å². The number of piperidine rings is 1. The molecule has 2 atom stereocenters. The molecule has 6 nitrogen and oxygen atoms in total. The second-order valence-electron chi connectivity index (χ2n) is 8.45. The summed E-state index contributed by atoms with van der Waals surface area (Å²) in [6.07, 6.45) is 4.14. The minimum atomic E-state index is -0.391. The van der Waals surface area contributed by atoms with Crippen molar-refractivity contribution in [3.8, 4) is 5.75 Å². The van der Waals surface area contributed by atoms with Crippen molar-refractivity contribution in [3.63, 3.8) is 0 Å². The van der Waals surface area contributed by atoms with E-state index in [1.807, 2.05) is 12.1 Å². The molecule has 2 unspecified atom stereocenters. The lowest BCUT2D eigenvalue weighted by atomic mass is 9.96. The summed E-state index contributed by atoms with van der Waals surface area (Å²) in [4.78, 5) is 27.5. The van der Waals surface area contributed by atoms with E-state index in [4.69, 9.17) is 27.9 Å². The van der Waals surface area contributed by atoms with Gasteiger partial charge in [0.1, 0.15) is 5.75 Å². The molecule has 2 bridgehead atoms. The molecule has 8 heteroatoms. The average Bonchev–Trinajstić information content (AvgIpc) is 3.01. The minimum Gasteiger partial charge on any atom is -0.496 e. The Morgan fingerprint density at radius 3 is 2.34 bits per heavy atom. The summed E-state index contributed by atoms with van der Waals surface area (Å²) in [7, 11) is 1.49. The average molecular weight is 476 g/mol. The second-order valence-corrected chi connectivity index (χ2v) is 9.32.